The second-order valence-corrected chi connectivity index (χ2v) is 5.69. The molecule has 0 saturated carbocycles. The van der Waals surface area contributed by atoms with Gasteiger partial charge in [0.2, 0.25) is 5.91 Å². The molecule has 23 heavy (non-hydrogen) atoms. The second-order valence-electron chi connectivity index (χ2n) is 4.52. The molecule has 2 aromatic rings. The lowest BCUT2D eigenvalue weighted by Crippen LogP contribution is -2.23. The maximum Gasteiger partial charge on any atom is 0.221 e. The SMILES string of the molecule is O=C(CCSc1ccccc1)NCC#CCOc1cccnc1. The molecule has 0 bridgehead atoms. The van der Waals surface area contributed by atoms with Gasteiger partial charge in [-0.25, -0.2) is 0 Å². The largest absolute Gasteiger partial charge is 0.479 e. The lowest BCUT2D eigenvalue weighted by Gasteiger charge is -2.02. The summed E-state index contributed by atoms with van der Waals surface area (Å²) in [5.74, 6) is 7.16. The van der Waals surface area contributed by atoms with Crippen LogP contribution in [0, 0.1) is 11.8 Å². The zero-order valence-electron chi connectivity index (χ0n) is 12.7. The standard InChI is InChI=1S/C18H18N2O2S/c21-18(10-14-23-17-8-2-1-3-9-17)20-12-4-5-13-22-16-7-6-11-19-15-16/h1-3,6-9,11,15H,10,12-14H2,(H,20,21). The van der Waals surface area contributed by atoms with Crippen LogP contribution in [0.3, 0.4) is 0 Å². The number of benzene rings is 1. The van der Waals surface area contributed by atoms with Gasteiger partial charge in [0.05, 0.1) is 12.7 Å². The highest BCUT2D eigenvalue weighted by molar-refractivity contribution is 7.99. The summed E-state index contributed by atoms with van der Waals surface area (Å²) in [5, 5.41) is 2.77. The van der Waals surface area contributed by atoms with Crippen molar-refractivity contribution in [2.45, 2.75) is 11.3 Å². The predicted octanol–water partition coefficient (Wildman–Crippen LogP) is 2.76. The van der Waals surface area contributed by atoms with E-state index in [1.54, 1.807) is 30.2 Å². The molecule has 118 valence electrons. The Balaban J connectivity index is 1.54. The molecule has 0 fully saturated rings. The van der Waals surface area contributed by atoms with E-state index in [2.05, 4.69) is 22.1 Å². The molecule has 1 N–H and O–H groups in total. The van der Waals surface area contributed by atoms with E-state index in [1.165, 1.54) is 4.90 Å². The van der Waals surface area contributed by atoms with Crippen molar-refractivity contribution < 1.29 is 9.53 Å². The zero-order chi connectivity index (χ0) is 16.2. The van der Waals surface area contributed by atoms with Gasteiger partial charge in [-0.2, -0.15) is 0 Å². The molecule has 0 unspecified atom stereocenters. The third kappa shape index (κ3) is 7.39. The number of nitrogens with zero attached hydrogens (tertiary/aromatic N) is 1. The maximum atomic E-state index is 11.7. The van der Waals surface area contributed by atoms with Crippen LogP contribution in [0.15, 0.2) is 59.8 Å². The van der Waals surface area contributed by atoms with Gasteiger partial charge in [-0.15, -0.1) is 11.8 Å². The van der Waals surface area contributed by atoms with Crippen molar-refractivity contribution in [2.24, 2.45) is 0 Å². The average Bonchev–Trinajstić information content (AvgIpc) is 2.60. The van der Waals surface area contributed by atoms with Gasteiger partial charge in [-0.05, 0) is 24.3 Å². The highest BCUT2D eigenvalue weighted by Crippen LogP contribution is 2.17. The monoisotopic (exact) mass is 326 g/mol. The van der Waals surface area contributed by atoms with Gasteiger partial charge >= 0.3 is 0 Å². The third-order valence-electron chi connectivity index (χ3n) is 2.79. The first-order chi connectivity index (χ1) is 11.3. The van der Waals surface area contributed by atoms with Crippen molar-refractivity contribution >= 4 is 17.7 Å². The number of aromatic nitrogens is 1. The highest BCUT2D eigenvalue weighted by Gasteiger charge is 2.00. The van der Waals surface area contributed by atoms with Crippen LogP contribution in [0.4, 0.5) is 0 Å². The van der Waals surface area contributed by atoms with E-state index in [9.17, 15) is 4.79 Å². The number of pyridine rings is 1. The molecule has 1 aromatic carbocycles. The summed E-state index contributed by atoms with van der Waals surface area (Å²) in [5.41, 5.74) is 0. The van der Waals surface area contributed by atoms with E-state index in [1.807, 2.05) is 36.4 Å². The lowest BCUT2D eigenvalue weighted by atomic mass is 10.4. The van der Waals surface area contributed by atoms with Crippen LogP contribution in [0.1, 0.15) is 6.42 Å². The van der Waals surface area contributed by atoms with Gasteiger partial charge in [0, 0.05) is 23.3 Å². The molecule has 0 atom stereocenters. The summed E-state index contributed by atoms with van der Waals surface area (Å²) in [4.78, 5) is 16.8. The van der Waals surface area contributed by atoms with Gasteiger partial charge in [0.25, 0.3) is 0 Å². The number of hydrogen-bond acceptors (Lipinski definition) is 4. The molecule has 0 saturated heterocycles. The Bertz CT molecular complexity index is 651. The quantitative estimate of drug-likeness (QED) is 0.628. The Morgan fingerprint density at radius 1 is 1.17 bits per heavy atom. The van der Waals surface area contributed by atoms with E-state index in [0.717, 1.165) is 5.75 Å². The van der Waals surface area contributed by atoms with E-state index in [0.29, 0.717) is 18.7 Å². The number of thioether (sulfide) groups is 1. The minimum Gasteiger partial charge on any atom is -0.479 e. The van der Waals surface area contributed by atoms with E-state index in [4.69, 9.17) is 4.74 Å². The van der Waals surface area contributed by atoms with Crippen LogP contribution < -0.4 is 10.1 Å². The van der Waals surface area contributed by atoms with Crippen LogP contribution in [-0.4, -0.2) is 29.8 Å². The van der Waals surface area contributed by atoms with E-state index in [-0.39, 0.29) is 12.5 Å². The number of carbonyl (C=O) groups excluding carboxylic acids is 1. The molecule has 4 nitrogen and oxygen atoms in total. The number of rotatable bonds is 7. The van der Waals surface area contributed by atoms with Crippen LogP contribution in [0.5, 0.6) is 5.75 Å². The minimum atomic E-state index is 0.0101. The van der Waals surface area contributed by atoms with E-state index >= 15 is 0 Å². The minimum absolute atomic E-state index is 0.0101. The Morgan fingerprint density at radius 2 is 2.04 bits per heavy atom. The maximum absolute atomic E-state index is 11.7. The Kier molecular flexibility index (Phi) is 7.58. The van der Waals surface area contributed by atoms with Gasteiger partial charge in [0.15, 0.2) is 0 Å². The van der Waals surface area contributed by atoms with Crippen LogP contribution in [-0.2, 0) is 4.79 Å². The summed E-state index contributed by atoms with van der Waals surface area (Å²) in [7, 11) is 0. The highest BCUT2D eigenvalue weighted by atomic mass is 32.2. The molecular formula is C18H18N2O2S. The zero-order valence-corrected chi connectivity index (χ0v) is 13.5. The van der Waals surface area contributed by atoms with Crippen molar-refractivity contribution in [3.63, 3.8) is 0 Å². The topological polar surface area (TPSA) is 51.2 Å². The van der Waals surface area contributed by atoms with Crippen LogP contribution in [0.2, 0.25) is 0 Å². The molecule has 5 heteroatoms. The summed E-state index contributed by atoms with van der Waals surface area (Å²) in [6.07, 6.45) is 3.80. The smallest absolute Gasteiger partial charge is 0.221 e. The normalized spacial score (nSPS) is 9.57. The molecule has 2 rings (SSSR count). The molecule has 0 aliphatic heterocycles. The fourth-order valence-corrected chi connectivity index (χ4v) is 2.55. The van der Waals surface area contributed by atoms with E-state index < -0.39 is 0 Å². The van der Waals surface area contributed by atoms with Crippen molar-refractivity contribution in [3.05, 3.63) is 54.9 Å². The second kappa shape index (κ2) is 10.3. The number of carbonyl (C=O) groups is 1. The van der Waals surface area contributed by atoms with Gasteiger partial charge < -0.3 is 10.1 Å². The first-order valence-electron chi connectivity index (χ1n) is 7.28. The molecule has 0 radical (unpaired) electrons. The Labute approximate surface area is 140 Å². The number of hydrogen-bond donors (Lipinski definition) is 1. The molecule has 1 heterocycles. The first kappa shape index (κ1) is 16.9. The average molecular weight is 326 g/mol. The molecule has 1 aromatic heterocycles. The number of ether oxygens (including phenoxy) is 1. The molecule has 1 amide bonds. The number of amides is 1. The fraction of sp³-hybridized carbons (Fsp3) is 0.222. The Morgan fingerprint density at radius 3 is 2.83 bits per heavy atom. The summed E-state index contributed by atoms with van der Waals surface area (Å²) in [6, 6.07) is 13.7. The van der Waals surface area contributed by atoms with Crippen molar-refractivity contribution in [2.75, 3.05) is 18.9 Å². The summed E-state index contributed by atoms with van der Waals surface area (Å²) in [6.45, 7) is 0.622. The molecular weight excluding hydrogens is 308 g/mol. The molecule has 0 aliphatic carbocycles. The number of nitrogens with one attached hydrogen (secondary N) is 1. The van der Waals surface area contributed by atoms with Crippen LogP contribution in [0.25, 0.3) is 0 Å². The summed E-state index contributed by atoms with van der Waals surface area (Å²) < 4.78 is 5.37. The van der Waals surface area contributed by atoms with Gasteiger partial charge in [-0.3, -0.25) is 9.78 Å². The molecule has 0 aliphatic rings. The summed E-state index contributed by atoms with van der Waals surface area (Å²) >= 11 is 1.67. The first-order valence-corrected chi connectivity index (χ1v) is 8.26. The molecule has 0 spiro atoms. The van der Waals surface area contributed by atoms with Crippen molar-refractivity contribution in [1.29, 1.82) is 0 Å². The van der Waals surface area contributed by atoms with Crippen molar-refractivity contribution in [1.82, 2.24) is 10.3 Å². The van der Waals surface area contributed by atoms with Crippen LogP contribution >= 0.6 is 11.8 Å². The van der Waals surface area contributed by atoms with Crippen molar-refractivity contribution in [3.8, 4) is 17.6 Å². The predicted molar refractivity (Wildman–Crippen MR) is 92.3 cm³/mol. The van der Waals surface area contributed by atoms with Gasteiger partial charge in [0.1, 0.15) is 12.4 Å². The lowest BCUT2D eigenvalue weighted by molar-refractivity contribution is -0.120. The Hall–Kier alpha value is -2.45. The fourth-order valence-electron chi connectivity index (χ4n) is 1.67. The third-order valence-corrected chi connectivity index (χ3v) is 3.80. The van der Waals surface area contributed by atoms with Gasteiger partial charge in [-0.1, -0.05) is 30.0 Å².